The smallest absolute Gasteiger partial charge is 0.226 e. The number of aryl methyl sites for hydroxylation is 1. The molecule has 146 valence electrons. The van der Waals surface area contributed by atoms with Crippen molar-refractivity contribution in [1.82, 2.24) is 10.6 Å². The van der Waals surface area contributed by atoms with Crippen molar-refractivity contribution >= 4 is 41.5 Å². The van der Waals surface area contributed by atoms with Gasteiger partial charge in [0.25, 0.3) is 0 Å². The van der Waals surface area contributed by atoms with Crippen LogP contribution in [0.3, 0.4) is 0 Å². The van der Waals surface area contributed by atoms with E-state index in [0.29, 0.717) is 36.1 Å². The normalized spacial score (nSPS) is 16.3. The molecule has 1 unspecified atom stereocenters. The van der Waals surface area contributed by atoms with E-state index in [1.807, 2.05) is 6.92 Å². The summed E-state index contributed by atoms with van der Waals surface area (Å²) in [5.74, 6) is 0.187. The Balaban J connectivity index is 0.00000338. The van der Waals surface area contributed by atoms with E-state index in [9.17, 15) is 9.59 Å². The van der Waals surface area contributed by atoms with Crippen LogP contribution < -0.4 is 20.7 Å². The fourth-order valence-corrected chi connectivity index (χ4v) is 2.66. The molecule has 9 heteroatoms. The van der Waals surface area contributed by atoms with Crippen molar-refractivity contribution in [3.05, 3.63) is 22.7 Å². The molecule has 0 bridgehead atoms. The summed E-state index contributed by atoms with van der Waals surface area (Å²) in [5, 5.41) is 9.31. The molecule has 0 aromatic heterocycles. The number of rotatable bonds is 7. The maximum atomic E-state index is 12.1. The van der Waals surface area contributed by atoms with Gasteiger partial charge in [0.1, 0.15) is 5.75 Å². The summed E-state index contributed by atoms with van der Waals surface area (Å²) in [5.41, 5.74) is 1.40. The van der Waals surface area contributed by atoms with Crippen LogP contribution in [0.2, 0.25) is 5.02 Å². The largest absolute Gasteiger partial charge is 0.495 e. The fourth-order valence-electron chi connectivity index (χ4n) is 2.50. The van der Waals surface area contributed by atoms with E-state index in [1.165, 1.54) is 7.11 Å². The molecule has 7 nitrogen and oxygen atoms in total. The van der Waals surface area contributed by atoms with Gasteiger partial charge in [-0.15, -0.1) is 12.4 Å². The van der Waals surface area contributed by atoms with E-state index in [4.69, 9.17) is 21.1 Å². The average Bonchev–Trinajstić information content (AvgIpc) is 2.58. The Hall–Kier alpha value is -1.54. The molecule has 2 rings (SSSR count). The van der Waals surface area contributed by atoms with E-state index < -0.39 is 0 Å². The lowest BCUT2D eigenvalue weighted by Crippen LogP contribution is -2.44. The third kappa shape index (κ3) is 6.99. The van der Waals surface area contributed by atoms with Crippen molar-refractivity contribution in [1.29, 1.82) is 0 Å². The fraction of sp³-hybridized carbons (Fsp3) is 0.529. The molecule has 1 aromatic rings. The van der Waals surface area contributed by atoms with Crippen LogP contribution in [0.4, 0.5) is 5.69 Å². The molecular formula is C17H25Cl2N3O4. The number of anilines is 1. The lowest BCUT2D eigenvalue weighted by molar-refractivity contribution is -0.122. The molecule has 0 radical (unpaired) electrons. The van der Waals surface area contributed by atoms with E-state index in [-0.39, 0.29) is 43.2 Å². The topological polar surface area (TPSA) is 88.7 Å². The van der Waals surface area contributed by atoms with Crippen molar-refractivity contribution in [2.45, 2.75) is 25.8 Å². The third-order valence-electron chi connectivity index (χ3n) is 3.86. The number of benzene rings is 1. The maximum Gasteiger partial charge on any atom is 0.226 e. The average molecular weight is 406 g/mol. The van der Waals surface area contributed by atoms with Crippen LogP contribution in [0.15, 0.2) is 12.1 Å². The minimum absolute atomic E-state index is 0. The lowest BCUT2D eigenvalue weighted by Gasteiger charge is -2.23. The summed E-state index contributed by atoms with van der Waals surface area (Å²) < 4.78 is 10.5. The van der Waals surface area contributed by atoms with Crippen LogP contribution in [0.5, 0.6) is 5.75 Å². The zero-order chi connectivity index (χ0) is 18.2. The number of ether oxygens (including phenoxy) is 2. The number of hydrogen-bond donors (Lipinski definition) is 3. The Morgan fingerprint density at radius 1 is 1.38 bits per heavy atom. The second-order valence-corrected chi connectivity index (χ2v) is 6.29. The van der Waals surface area contributed by atoms with Crippen LogP contribution in [0.25, 0.3) is 0 Å². The van der Waals surface area contributed by atoms with E-state index in [1.54, 1.807) is 12.1 Å². The van der Waals surface area contributed by atoms with Crippen molar-refractivity contribution in [2.24, 2.45) is 0 Å². The summed E-state index contributed by atoms with van der Waals surface area (Å²) in [6.45, 7) is 4.08. The van der Waals surface area contributed by atoms with Crippen LogP contribution in [0.1, 0.15) is 18.4 Å². The zero-order valence-corrected chi connectivity index (χ0v) is 16.5. The first-order chi connectivity index (χ1) is 12.0. The van der Waals surface area contributed by atoms with E-state index in [0.717, 1.165) is 12.1 Å². The molecule has 1 aliphatic heterocycles. The zero-order valence-electron chi connectivity index (χ0n) is 14.9. The molecule has 1 aromatic carbocycles. The molecule has 0 saturated carbocycles. The predicted molar refractivity (Wildman–Crippen MR) is 103 cm³/mol. The Morgan fingerprint density at radius 3 is 2.81 bits per heavy atom. The van der Waals surface area contributed by atoms with Gasteiger partial charge in [-0.05, 0) is 18.6 Å². The molecule has 26 heavy (non-hydrogen) atoms. The van der Waals surface area contributed by atoms with Gasteiger partial charge in [0, 0.05) is 43.1 Å². The quantitative estimate of drug-likeness (QED) is 0.644. The maximum absolute atomic E-state index is 12.1. The standard InChI is InChI=1S/C17H24ClN3O4.ClH/c1-11-7-14(15(24-2)9-13(11)18)21-16(22)3-4-20-17(23)8-12-10-25-6-5-19-12;/h7,9,12,19H,3-6,8,10H2,1-2H3,(H,20,23)(H,21,22);1H. The summed E-state index contributed by atoms with van der Waals surface area (Å²) in [7, 11) is 1.51. The number of morpholine rings is 1. The highest BCUT2D eigenvalue weighted by atomic mass is 35.5. The van der Waals surface area contributed by atoms with Gasteiger partial charge in [0.2, 0.25) is 11.8 Å². The lowest BCUT2D eigenvalue weighted by atomic mass is 10.2. The molecule has 0 aliphatic carbocycles. The van der Waals surface area contributed by atoms with Gasteiger partial charge in [0.05, 0.1) is 26.0 Å². The van der Waals surface area contributed by atoms with Crippen LogP contribution >= 0.6 is 24.0 Å². The van der Waals surface area contributed by atoms with E-state index in [2.05, 4.69) is 16.0 Å². The van der Waals surface area contributed by atoms with Gasteiger partial charge in [-0.25, -0.2) is 0 Å². The van der Waals surface area contributed by atoms with Gasteiger partial charge in [-0.1, -0.05) is 11.6 Å². The minimum Gasteiger partial charge on any atom is -0.495 e. The van der Waals surface area contributed by atoms with E-state index >= 15 is 0 Å². The third-order valence-corrected chi connectivity index (χ3v) is 4.27. The monoisotopic (exact) mass is 405 g/mol. The molecule has 1 fully saturated rings. The summed E-state index contributed by atoms with van der Waals surface area (Å²) in [4.78, 5) is 23.9. The Bertz CT molecular complexity index is 622. The summed E-state index contributed by atoms with van der Waals surface area (Å²) >= 11 is 6.05. The number of carbonyl (C=O) groups is 2. The Kier molecular flexibility index (Phi) is 9.72. The van der Waals surface area contributed by atoms with Gasteiger partial charge < -0.3 is 25.4 Å². The number of amides is 2. The number of carbonyl (C=O) groups excluding carboxylic acids is 2. The number of halogens is 2. The second-order valence-electron chi connectivity index (χ2n) is 5.88. The molecule has 1 aliphatic rings. The van der Waals surface area contributed by atoms with Gasteiger partial charge in [-0.3, -0.25) is 9.59 Å². The van der Waals surface area contributed by atoms with Crippen LogP contribution in [0, 0.1) is 6.92 Å². The van der Waals surface area contributed by atoms with Crippen molar-refractivity contribution in [3.8, 4) is 5.75 Å². The van der Waals surface area contributed by atoms with Gasteiger partial charge in [0.15, 0.2) is 0 Å². The first-order valence-corrected chi connectivity index (χ1v) is 8.59. The Morgan fingerprint density at radius 2 is 2.15 bits per heavy atom. The molecular weight excluding hydrogens is 381 g/mol. The highest BCUT2D eigenvalue weighted by molar-refractivity contribution is 6.31. The molecule has 1 atom stereocenters. The van der Waals surface area contributed by atoms with Crippen LogP contribution in [-0.4, -0.2) is 51.3 Å². The van der Waals surface area contributed by atoms with Gasteiger partial charge in [-0.2, -0.15) is 0 Å². The molecule has 0 spiro atoms. The number of methoxy groups -OCH3 is 1. The molecule has 1 heterocycles. The molecule has 3 N–H and O–H groups in total. The van der Waals surface area contributed by atoms with Crippen molar-refractivity contribution < 1.29 is 19.1 Å². The minimum atomic E-state index is -0.209. The SMILES string of the molecule is COc1cc(Cl)c(C)cc1NC(=O)CCNC(=O)CC1COCCN1.Cl. The Labute approximate surface area is 164 Å². The molecule has 1 saturated heterocycles. The molecule has 2 amide bonds. The number of nitrogens with one attached hydrogen (secondary N) is 3. The second kappa shape index (κ2) is 11.2. The summed E-state index contributed by atoms with van der Waals surface area (Å²) in [6.07, 6.45) is 0.511. The van der Waals surface area contributed by atoms with Gasteiger partial charge >= 0.3 is 0 Å². The summed E-state index contributed by atoms with van der Waals surface area (Å²) in [6, 6.07) is 3.45. The van der Waals surface area contributed by atoms with Crippen molar-refractivity contribution in [3.63, 3.8) is 0 Å². The first kappa shape index (κ1) is 22.5. The first-order valence-electron chi connectivity index (χ1n) is 8.21. The van der Waals surface area contributed by atoms with Crippen LogP contribution in [-0.2, 0) is 14.3 Å². The highest BCUT2D eigenvalue weighted by Gasteiger charge is 2.17. The number of hydrogen-bond acceptors (Lipinski definition) is 5. The van der Waals surface area contributed by atoms with Crippen molar-refractivity contribution in [2.75, 3.05) is 38.7 Å². The highest BCUT2D eigenvalue weighted by Crippen LogP contribution is 2.30. The predicted octanol–water partition coefficient (Wildman–Crippen LogP) is 1.90.